The molecule has 21 heavy (non-hydrogen) atoms. The van der Waals surface area contributed by atoms with Gasteiger partial charge in [0.15, 0.2) is 5.78 Å². The van der Waals surface area contributed by atoms with Gasteiger partial charge in [0.05, 0.1) is 19.3 Å². The maximum Gasteiger partial charge on any atom is 0.176 e. The van der Waals surface area contributed by atoms with Crippen molar-refractivity contribution < 1.29 is 9.53 Å². The van der Waals surface area contributed by atoms with Crippen LogP contribution in [0.3, 0.4) is 0 Å². The fourth-order valence-electron chi connectivity index (χ4n) is 3.56. The molecule has 0 bridgehead atoms. The van der Waals surface area contributed by atoms with Gasteiger partial charge in [0.1, 0.15) is 0 Å². The molecule has 1 aromatic rings. The van der Waals surface area contributed by atoms with Crippen LogP contribution in [-0.4, -0.2) is 42.5 Å². The van der Waals surface area contributed by atoms with E-state index in [1.54, 1.807) is 0 Å². The molecule has 3 heteroatoms. The Morgan fingerprint density at radius 2 is 2.05 bits per heavy atom. The van der Waals surface area contributed by atoms with Gasteiger partial charge in [-0.25, -0.2) is 0 Å². The first-order chi connectivity index (χ1) is 10.1. The monoisotopic (exact) mass is 287 g/mol. The second-order valence-electron chi connectivity index (χ2n) is 6.45. The predicted molar refractivity (Wildman–Crippen MR) is 83.8 cm³/mol. The number of morpholine rings is 1. The van der Waals surface area contributed by atoms with E-state index in [4.69, 9.17) is 4.74 Å². The van der Waals surface area contributed by atoms with Gasteiger partial charge in [0.2, 0.25) is 0 Å². The maximum absolute atomic E-state index is 12.6. The van der Waals surface area contributed by atoms with Crippen molar-refractivity contribution in [3.05, 3.63) is 34.9 Å². The van der Waals surface area contributed by atoms with Gasteiger partial charge < -0.3 is 4.74 Å². The Bertz CT molecular complexity index is 524. The Morgan fingerprint density at radius 1 is 1.24 bits per heavy atom. The number of rotatable bonds is 3. The van der Waals surface area contributed by atoms with Gasteiger partial charge in [-0.3, -0.25) is 9.69 Å². The molecule has 0 spiro atoms. The Hall–Kier alpha value is -1.19. The minimum absolute atomic E-state index is 0.240. The number of hydrogen-bond acceptors (Lipinski definition) is 3. The van der Waals surface area contributed by atoms with Crippen LogP contribution >= 0.6 is 0 Å². The summed E-state index contributed by atoms with van der Waals surface area (Å²) < 4.78 is 5.88. The summed E-state index contributed by atoms with van der Waals surface area (Å²) in [5.74, 6) is 0.240. The highest BCUT2D eigenvalue weighted by Crippen LogP contribution is 2.28. The zero-order valence-electron chi connectivity index (χ0n) is 13.1. The summed E-state index contributed by atoms with van der Waals surface area (Å²) in [6.07, 6.45) is 5.20. The summed E-state index contributed by atoms with van der Waals surface area (Å²) in [4.78, 5) is 14.9. The smallest absolute Gasteiger partial charge is 0.176 e. The number of nitrogens with zero attached hydrogens (tertiary/aromatic N) is 1. The van der Waals surface area contributed by atoms with Crippen molar-refractivity contribution in [2.24, 2.45) is 0 Å². The first-order valence-corrected chi connectivity index (χ1v) is 8.11. The van der Waals surface area contributed by atoms with E-state index in [-0.39, 0.29) is 5.78 Å². The van der Waals surface area contributed by atoms with E-state index in [2.05, 4.69) is 18.7 Å². The van der Waals surface area contributed by atoms with E-state index in [9.17, 15) is 4.79 Å². The van der Waals surface area contributed by atoms with Crippen LogP contribution in [0.1, 0.15) is 47.2 Å². The van der Waals surface area contributed by atoms with Crippen LogP contribution in [0, 0.1) is 13.8 Å². The predicted octanol–water partition coefficient (Wildman–Crippen LogP) is 3.13. The molecule has 0 radical (unpaired) electrons. The molecule has 1 aromatic carbocycles. The van der Waals surface area contributed by atoms with Crippen LogP contribution in [0.5, 0.6) is 0 Å². The topological polar surface area (TPSA) is 29.5 Å². The van der Waals surface area contributed by atoms with E-state index in [1.165, 1.54) is 30.4 Å². The molecule has 2 fully saturated rings. The van der Waals surface area contributed by atoms with Crippen molar-refractivity contribution in [3.63, 3.8) is 0 Å². The molecule has 1 aliphatic carbocycles. The van der Waals surface area contributed by atoms with Crippen molar-refractivity contribution in [2.45, 2.75) is 51.7 Å². The van der Waals surface area contributed by atoms with Crippen molar-refractivity contribution >= 4 is 5.78 Å². The van der Waals surface area contributed by atoms with E-state index in [0.29, 0.717) is 18.7 Å². The first-order valence-electron chi connectivity index (χ1n) is 8.11. The summed E-state index contributed by atoms with van der Waals surface area (Å²) >= 11 is 0. The van der Waals surface area contributed by atoms with Crippen molar-refractivity contribution in [2.75, 3.05) is 19.7 Å². The number of ether oxygens (including phenoxy) is 1. The Labute approximate surface area is 127 Å². The fraction of sp³-hybridized carbons (Fsp3) is 0.611. The third kappa shape index (κ3) is 3.19. The molecule has 1 saturated carbocycles. The van der Waals surface area contributed by atoms with Crippen molar-refractivity contribution in [1.29, 1.82) is 0 Å². The molecule has 1 aliphatic heterocycles. The van der Waals surface area contributed by atoms with E-state index in [0.717, 1.165) is 25.1 Å². The molecule has 2 atom stereocenters. The lowest BCUT2D eigenvalue weighted by Gasteiger charge is -2.43. The Kier molecular flexibility index (Phi) is 4.41. The second kappa shape index (κ2) is 6.29. The minimum Gasteiger partial charge on any atom is -0.375 e. The summed E-state index contributed by atoms with van der Waals surface area (Å²) in [7, 11) is 0. The quantitative estimate of drug-likeness (QED) is 0.800. The number of fused-ring (bicyclic) bond motifs is 1. The zero-order valence-corrected chi connectivity index (χ0v) is 13.1. The molecular weight excluding hydrogens is 262 g/mol. The number of hydrogen-bond donors (Lipinski definition) is 0. The summed E-state index contributed by atoms with van der Waals surface area (Å²) in [6, 6.07) is 6.48. The molecule has 1 heterocycles. The van der Waals surface area contributed by atoms with Gasteiger partial charge in [-0.05, 0) is 43.9 Å². The Morgan fingerprint density at radius 3 is 2.86 bits per heavy atom. The third-order valence-electron chi connectivity index (χ3n) is 5.02. The molecule has 2 unspecified atom stereocenters. The fourth-order valence-corrected chi connectivity index (χ4v) is 3.56. The number of Topliss-reactive ketones (excluding diaryl/α,β-unsaturated/α-hetero) is 1. The number of ketones is 1. The van der Waals surface area contributed by atoms with Gasteiger partial charge in [-0.1, -0.05) is 25.0 Å². The van der Waals surface area contributed by atoms with Crippen LogP contribution in [0.4, 0.5) is 0 Å². The molecule has 2 aliphatic rings. The number of carbonyl (C=O) groups excluding carboxylic acids is 1. The lowest BCUT2D eigenvalue weighted by molar-refractivity contribution is -0.0846. The minimum atomic E-state index is 0.240. The molecule has 0 amide bonds. The van der Waals surface area contributed by atoms with Crippen LogP contribution in [0.2, 0.25) is 0 Å². The van der Waals surface area contributed by atoms with Crippen molar-refractivity contribution in [1.82, 2.24) is 4.90 Å². The molecule has 0 N–H and O–H groups in total. The molecule has 3 nitrogen and oxygen atoms in total. The zero-order chi connectivity index (χ0) is 14.8. The van der Waals surface area contributed by atoms with Crippen LogP contribution in [0.15, 0.2) is 18.2 Å². The number of aryl methyl sites for hydroxylation is 2. The second-order valence-corrected chi connectivity index (χ2v) is 6.45. The number of carbonyl (C=O) groups is 1. The van der Waals surface area contributed by atoms with E-state index in [1.807, 2.05) is 18.2 Å². The molecule has 0 aromatic heterocycles. The highest BCUT2D eigenvalue weighted by molar-refractivity contribution is 5.97. The SMILES string of the molecule is Cc1ccc(C(=O)CN2CCOC3CCCCC32)cc1C. The normalized spacial score (nSPS) is 26.4. The van der Waals surface area contributed by atoms with Gasteiger partial charge in [-0.2, -0.15) is 0 Å². The highest BCUT2D eigenvalue weighted by Gasteiger charge is 2.34. The summed E-state index contributed by atoms with van der Waals surface area (Å²) in [6.45, 7) is 6.34. The average Bonchev–Trinajstić information content (AvgIpc) is 2.50. The average molecular weight is 287 g/mol. The third-order valence-corrected chi connectivity index (χ3v) is 5.02. The molecule has 1 saturated heterocycles. The first kappa shape index (κ1) is 14.7. The Balaban J connectivity index is 1.69. The van der Waals surface area contributed by atoms with E-state index >= 15 is 0 Å². The van der Waals surface area contributed by atoms with Crippen LogP contribution in [-0.2, 0) is 4.74 Å². The maximum atomic E-state index is 12.6. The van der Waals surface area contributed by atoms with Crippen LogP contribution < -0.4 is 0 Å². The number of benzene rings is 1. The largest absolute Gasteiger partial charge is 0.375 e. The standard InChI is InChI=1S/C18H25NO2/c1-13-7-8-15(11-14(13)2)17(20)12-19-9-10-21-18-6-4-3-5-16(18)19/h7-8,11,16,18H,3-6,9-10,12H2,1-2H3. The van der Waals surface area contributed by atoms with Crippen LogP contribution in [0.25, 0.3) is 0 Å². The van der Waals surface area contributed by atoms with Gasteiger partial charge in [0.25, 0.3) is 0 Å². The molecule has 114 valence electrons. The summed E-state index contributed by atoms with van der Waals surface area (Å²) in [5, 5.41) is 0. The highest BCUT2D eigenvalue weighted by atomic mass is 16.5. The van der Waals surface area contributed by atoms with Crippen molar-refractivity contribution in [3.8, 4) is 0 Å². The van der Waals surface area contributed by atoms with E-state index < -0.39 is 0 Å². The van der Waals surface area contributed by atoms with Gasteiger partial charge in [0, 0.05) is 18.2 Å². The lowest BCUT2D eigenvalue weighted by Crippen LogP contribution is -2.53. The molecule has 3 rings (SSSR count). The lowest BCUT2D eigenvalue weighted by atomic mass is 9.90. The van der Waals surface area contributed by atoms with Gasteiger partial charge in [-0.15, -0.1) is 0 Å². The summed E-state index contributed by atoms with van der Waals surface area (Å²) in [5.41, 5.74) is 3.28. The van der Waals surface area contributed by atoms with Gasteiger partial charge >= 0.3 is 0 Å². The molecular formula is C18H25NO2.